The third-order valence-corrected chi connectivity index (χ3v) is 4.10. The van der Waals surface area contributed by atoms with Gasteiger partial charge in [-0.15, -0.1) is 0 Å². The van der Waals surface area contributed by atoms with E-state index in [1.165, 1.54) is 11.9 Å². The van der Waals surface area contributed by atoms with Crippen LogP contribution in [0.3, 0.4) is 0 Å². The second-order valence-corrected chi connectivity index (χ2v) is 5.87. The highest BCUT2D eigenvalue weighted by Gasteiger charge is 2.15. The molecule has 2 heterocycles. The molecule has 0 radical (unpaired) electrons. The second kappa shape index (κ2) is 6.36. The summed E-state index contributed by atoms with van der Waals surface area (Å²) in [4.78, 5) is 8.70. The molecule has 7 nitrogen and oxygen atoms in total. The van der Waals surface area contributed by atoms with Crippen molar-refractivity contribution in [3.8, 4) is 17.0 Å². The molecule has 4 rings (SSSR count). The Balaban J connectivity index is 1.73. The molecule has 0 spiro atoms. The highest BCUT2D eigenvalue weighted by atomic mass is 16.5. The van der Waals surface area contributed by atoms with Gasteiger partial charge in [0.15, 0.2) is 23.0 Å². The molecule has 0 saturated carbocycles. The van der Waals surface area contributed by atoms with E-state index in [9.17, 15) is 0 Å². The van der Waals surface area contributed by atoms with Crippen LogP contribution in [0.2, 0.25) is 0 Å². The van der Waals surface area contributed by atoms with Gasteiger partial charge < -0.3 is 20.3 Å². The van der Waals surface area contributed by atoms with Crippen molar-refractivity contribution in [3.05, 3.63) is 54.4 Å². The molecule has 26 heavy (non-hydrogen) atoms. The monoisotopic (exact) mass is 347 g/mol. The second-order valence-electron chi connectivity index (χ2n) is 5.87. The van der Waals surface area contributed by atoms with Crippen molar-refractivity contribution in [2.24, 2.45) is 0 Å². The van der Waals surface area contributed by atoms with Gasteiger partial charge in [0.2, 0.25) is 0 Å². The normalized spacial score (nSPS) is 10.8. The molecule has 7 heteroatoms. The third-order valence-electron chi connectivity index (χ3n) is 4.10. The summed E-state index contributed by atoms with van der Waals surface area (Å²) in [6.07, 6.45) is 1.50. The van der Waals surface area contributed by atoms with Gasteiger partial charge in [0.05, 0.1) is 12.5 Å². The molecular formula is C19H17N5O2. The van der Waals surface area contributed by atoms with Crippen LogP contribution in [0.25, 0.3) is 22.2 Å². The van der Waals surface area contributed by atoms with Crippen LogP contribution in [0, 0.1) is 6.92 Å². The number of hydrogen-bond acceptors (Lipinski definition) is 7. The number of benzene rings is 2. The summed E-state index contributed by atoms with van der Waals surface area (Å²) >= 11 is 0. The quantitative estimate of drug-likeness (QED) is 0.577. The van der Waals surface area contributed by atoms with E-state index >= 15 is 0 Å². The molecule has 0 aliphatic carbocycles. The lowest BCUT2D eigenvalue weighted by Gasteiger charge is -2.13. The van der Waals surface area contributed by atoms with Crippen LogP contribution in [0.1, 0.15) is 5.56 Å². The standard InChI is InChI=1S/C19H17N5O2/c1-11-3-5-12(6-4-11)16-17(25-2)19(22-10-21-16)23-13-7-8-14-15(9-13)26-24-18(14)20/h3-10H,1-2H3,(H2,20,24)(H,21,22,23). The van der Waals surface area contributed by atoms with Crippen molar-refractivity contribution in [2.75, 3.05) is 18.2 Å². The van der Waals surface area contributed by atoms with Crippen molar-refractivity contribution in [2.45, 2.75) is 6.92 Å². The Morgan fingerprint density at radius 1 is 1.08 bits per heavy atom. The van der Waals surface area contributed by atoms with Crippen molar-refractivity contribution in [1.82, 2.24) is 15.1 Å². The van der Waals surface area contributed by atoms with Crippen LogP contribution in [0.15, 0.2) is 53.3 Å². The summed E-state index contributed by atoms with van der Waals surface area (Å²) in [7, 11) is 1.60. The van der Waals surface area contributed by atoms with Gasteiger partial charge in [-0.3, -0.25) is 0 Å². The number of nitrogens with zero attached hydrogens (tertiary/aromatic N) is 3. The number of anilines is 3. The molecule has 0 unspecified atom stereocenters. The first-order valence-electron chi connectivity index (χ1n) is 8.03. The first-order valence-corrected chi connectivity index (χ1v) is 8.03. The van der Waals surface area contributed by atoms with E-state index in [4.69, 9.17) is 15.0 Å². The number of methoxy groups -OCH3 is 1. The molecule has 2 aromatic carbocycles. The Morgan fingerprint density at radius 3 is 2.65 bits per heavy atom. The van der Waals surface area contributed by atoms with Crippen LogP contribution < -0.4 is 15.8 Å². The number of ether oxygens (including phenoxy) is 1. The zero-order valence-corrected chi connectivity index (χ0v) is 14.4. The van der Waals surface area contributed by atoms with Gasteiger partial charge in [0.1, 0.15) is 12.0 Å². The Bertz CT molecular complexity index is 1070. The van der Waals surface area contributed by atoms with E-state index in [0.29, 0.717) is 23.0 Å². The minimum atomic E-state index is 0.368. The van der Waals surface area contributed by atoms with E-state index < -0.39 is 0 Å². The summed E-state index contributed by atoms with van der Waals surface area (Å²) < 4.78 is 10.8. The van der Waals surface area contributed by atoms with Gasteiger partial charge >= 0.3 is 0 Å². The van der Waals surface area contributed by atoms with Gasteiger partial charge in [0, 0.05) is 17.3 Å². The molecule has 3 N–H and O–H groups in total. The maximum Gasteiger partial charge on any atom is 0.187 e. The van der Waals surface area contributed by atoms with Gasteiger partial charge in [-0.05, 0) is 19.1 Å². The fourth-order valence-electron chi connectivity index (χ4n) is 2.74. The van der Waals surface area contributed by atoms with Gasteiger partial charge in [-0.25, -0.2) is 9.97 Å². The number of rotatable bonds is 4. The molecule has 4 aromatic rings. The topological polar surface area (TPSA) is 99.1 Å². The predicted octanol–water partition coefficient (Wildman–Crippen LogP) is 3.93. The first kappa shape index (κ1) is 15.9. The number of aryl methyl sites for hydroxylation is 1. The molecule has 0 amide bonds. The number of hydrogen-bond donors (Lipinski definition) is 2. The largest absolute Gasteiger partial charge is 0.491 e. The van der Waals surface area contributed by atoms with Crippen LogP contribution >= 0.6 is 0 Å². The van der Waals surface area contributed by atoms with Crippen molar-refractivity contribution in [3.63, 3.8) is 0 Å². The summed E-state index contributed by atoms with van der Waals surface area (Å²) in [5, 5.41) is 7.77. The molecule has 0 fully saturated rings. The summed E-state index contributed by atoms with van der Waals surface area (Å²) in [6, 6.07) is 13.6. The van der Waals surface area contributed by atoms with E-state index in [0.717, 1.165) is 22.3 Å². The average Bonchev–Trinajstić information content (AvgIpc) is 3.02. The zero-order valence-electron chi connectivity index (χ0n) is 14.4. The van der Waals surface area contributed by atoms with Crippen LogP contribution in [-0.2, 0) is 0 Å². The molecule has 130 valence electrons. The van der Waals surface area contributed by atoms with Crippen molar-refractivity contribution in [1.29, 1.82) is 0 Å². The highest BCUT2D eigenvalue weighted by molar-refractivity contribution is 5.90. The molecule has 0 bridgehead atoms. The third kappa shape index (κ3) is 2.79. The Morgan fingerprint density at radius 2 is 1.88 bits per heavy atom. The Kier molecular flexibility index (Phi) is 3.89. The fraction of sp³-hybridized carbons (Fsp3) is 0.105. The van der Waals surface area contributed by atoms with Gasteiger partial charge in [-0.1, -0.05) is 35.0 Å². The minimum Gasteiger partial charge on any atom is -0.491 e. The summed E-state index contributed by atoms with van der Waals surface area (Å²) in [5.41, 5.74) is 9.98. The predicted molar refractivity (Wildman–Crippen MR) is 100 cm³/mol. The lowest BCUT2D eigenvalue weighted by Crippen LogP contribution is -2.01. The summed E-state index contributed by atoms with van der Waals surface area (Å²) in [5.74, 6) is 1.49. The molecule has 0 saturated heterocycles. The number of nitrogen functional groups attached to an aromatic ring is 1. The number of aromatic nitrogens is 3. The van der Waals surface area contributed by atoms with E-state index in [1.807, 2.05) is 49.4 Å². The average molecular weight is 347 g/mol. The number of nitrogens with two attached hydrogens (primary N) is 1. The molecule has 0 aliphatic rings. The molecule has 0 aliphatic heterocycles. The highest BCUT2D eigenvalue weighted by Crippen LogP contribution is 2.35. The first-order chi connectivity index (χ1) is 12.7. The molecule has 2 aromatic heterocycles. The van der Waals surface area contributed by atoms with E-state index in [-0.39, 0.29) is 0 Å². The van der Waals surface area contributed by atoms with Crippen LogP contribution in [-0.4, -0.2) is 22.2 Å². The minimum absolute atomic E-state index is 0.368. The lowest BCUT2D eigenvalue weighted by atomic mass is 10.1. The SMILES string of the molecule is COc1c(Nc2ccc3c(N)noc3c2)ncnc1-c1ccc(C)cc1. The number of fused-ring (bicyclic) bond motifs is 1. The van der Waals surface area contributed by atoms with Crippen molar-refractivity contribution < 1.29 is 9.26 Å². The Hall–Kier alpha value is -3.61. The van der Waals surface area contributed by atoms with E-state index in [1.54, 1.807) is 7.11 Å². The van der Waals surface area contributed by atoms with Crippen LogP contribution in [0.4, 0.5) is 17.3 Å². The van der Waals surface area contributed by atoms with Crippen LogP contribution in [0.5, 0.6) is 5.75 Å². The number of nitrogens with one attached hydrogen (secondary N) is 1. The zero-order chi connectivity index (χ0) is 18.1. The van der Waals surface area contributed by atoms with Crippen molar-refractivity contribution >= 4 is 28.3 Å². The fourth-order valence-corrected chi connectivity index (χ4v) is 2.74. The maximum absolute atomic E-state index is 5.75. The van der Waals surface area contributed by atoms with Gasteiger partial charge in [0.25, 0.3) is 0 Å². The molecular weight excluding hydrogens is 330 g/mol. The summed E-state index contributed by atoms with van der Waals surface area (Å²) in [6.45, 7) is 2.04. The van der Waals surface area contributed by atoms with Gasteiger partial charge in [-0.2, -0.15) is 0 Å². The Labute approximate surface area is 149 Å². The van der Waals surface area contributed by atoms with E-state index in [2.05, 4.69) is 20.4 Å². The maximum atomic E-state index is 5.75. The smallest absolute Gasteiger partial charge is 0.187 e. The lowest BCUT2D eigenvalue weighted by molar-refractivity contribution is 0.415. The molecule has 0 atom stereocenters.